The number of aryl methyl sites for hydroxylation is 1. The topological polar surface area (TPSA) is 67.2 Å². The van der Waals surface area contributed by atoms with Gasteiger partial charge in [-0.1, -0.05) is 42.0 Å². The molecule has 0 fully saturated rings. The number of amides is 1. The number of para-hydroxylation sites is 2. The van der Waals surface area contributed by atoms with E-state index >= 15 is 0 Å². The third-order valence-corrected chi connectivity index (χ3v) is 4.65. The number of carbonyl (C=O) groups is 1. The van der Waals surface area contributed by atoms with E-state index in [1.54, 1.807) is 6.92 Å². The molecule has 0 unspecified atom stereocenters. The van der Waals surface area contributed by atoms with E-state index in [9.17, 15) is 9.90 Å². The van der Waals surface area contributed by atoms with Crippen LogP contribution in [0.25, 0.3) is 11.0 Å². The van der Waals surface area contributed by atoms with Crippen molar-refractivity contribution in [2.24, 2.45) is 0 Å². The first-order valence-electron chi connectivity index (χ1n) is 9.47. The second kappa shape index (κ2) is 8.82. The minimum absolute atomic E-state index is 0.0305. The highest BCUT2D eigenvalue weighted by Gasteiger charge is 2.11. The molecule has 0 saturated carbocycles. The normalized spacial score (nSPS) is 12.3. The molecule has 142 valence electrons. The Balaban J connectivity index is 1.72. The van der Waals surface area contributed by atoms with E-state index in [1.165, 1.54) is 11.1 Å². The van der Waals surface area contributed by atoms with E-state index in [4.69, 9.17) is 4.98 Å². The van der Waals surface area contributed by atoms with Crippen molar-refractivity contribution in [1.29, 1.82) is 0 Å². The van der Waals surface area contributed by atoms with Crippen molar-refractivity contribution < 1.29 is 9.90 Å². The maximum atomic E-state index is 11.9. The van der Waals surface area contributed by atoms with E-state index in [0.717, 1.165) is 23.4 Å². The summed E-state index contributed by atoms with van der Waals surface area (Å²) in [5.41, 5.74) is 4.55. The van der Waals surface area contributed by atoms with E-state index < -0.39 is 6.10 Å². The molecule has 0 bridgehead atoms. The van der Waals surface area contributed by atoms with E-state index in [0.29, 0.717) is 25.8 Å². The van der Waals surface area contributed by atoms with Gasteiger partial charge < -0.3 is 15.0 Å². The van der Waals surface area contributed by atoms with E-state index in [1.807, 2.05) is 18.2 Å². The number of fused-ring (bicyclic) bond motifs is 1. The van der Waals surface area contributed by atoms with Crippen molar-refractivity contribution in [3.05, 3.63) is 65.5 Å². The van der Waals surface area contributed by atoms with E-state index in [2.05, 4.69) is 47.1 Å². The standard InChI is InChI=1S/C22H27N3O2/c1-16-7-10-18(11-8-16)15-25-20-6-4-3-5-19(20)24-21(25)13-14-23-22(27)12-9-17(2)26/h3-8,10-11,17,26H,9,12-15H2,1-2H3,(H,23,27)/t17-/m1/s1. The molecule has 0 saturated heterocycles. The summed E-state index contributed by atoms with van der Waals surface area (Å²) in [6.07, 6.45) is 1.05. The van der Waals surface area contributed by atoms with Crippen LogP contribution < -0.4 is 5.32 Å². The molecule has 0 aliphatic rings. The largest absolute Gasteiger partial charge is 0.393 e. The predicted octanol–water partition coefficient (Wildman–Crippen LogP) is 3.21. The van der Waals surface area contributed by atoms with Crippen LogP contribution in [0.5, 0.6) is 0 Å². The highest BCUT2D eigenvalue weighted by Crippen LogP contribution is 2.18. The fourth-order valence-corrected chi connectivity index (χ4v) is 3.11. The molecule has 3 aromatic rings. The molecule has 2 N–H and O–H groups in total. The van der Waals surface area contributed by atoms with Gasteiger partial charge in [-0.25, -0.2) is 4.98 Å². The molecule has 1 aromatic heterocycles. The highest BCUT2D eigenvalue weighted by atomic mass is 16.3. The van der Waals surface area contributed by atoms with Crippen LogP contribution >= 0.6 is 0 Å². The first-order valence-corrected chi connectivity index (χ1v) is 9.47. The molecular weight excluding hydrogens is 338 g/mol. The fraction of sp³-hybridized carbons (Fsp3) is 0.364. The number of carbonyl (C=O) groups excluding carboxylic acids is 1. The molecule has 1 heterocycles. The molecule has 5 heteroatoms. The van der Waals surface area contributed by atoms with Crippen molar-refractivity contribution >= 4 is 16.9 Å². The van der Waals surface area contributed by atoms with Gasteiger partial charge in [0.2, 0.25) is 5.91 Å². The first kappa shape index (κ1) is 19.1. The zero-order valence-corrected chi connectivity index (χ0v) is 16.0. The number of aliphatic hydroxyl groups is 1. The number of imidazole rings is 1. The van der Waals surface area contributed by atoms with Gasteiger partial charge in [-0.15, -0.1) is 0 Å². The number of nitrogens with one attached hydrogen (secondary N) is 1. The Kier molecular flexibility index (Phi) is 6.24. The van der Waals surface area contributed by atoms with Crippen LogP contribution in [0.15, 0.2) is 48.5 Å². The number of nitrogens with zero attached hydrogens (tertiary/aromatic N) is 2. The Hall–Kier alpha value is -2.66. The van der Waals surface area contributed by atoms with Gasteiger partial charge in [0.25, 0.3) is 0 Å². The third-order valence-electron chi connectivity index (χ3n) is 4.65. The van der Waals surface area contributed by atoms with Gasteiger partial charge in [-0.3, -0.25) is 4.79 Å². The van der Waals surface area contributed by atoms with Gasteiger partial charge in [0.05, 0.1) is 17.1 Å². The fourth-order valence-electron chi connectivity index (χ4n) is 3.11. The maximum Gasteiger partial charge on any atom is 0.220 e. The summed E-state index contributed by atoms with van der Waals surface area (Å²) in [6.45, 7) is 5.07. The SMILES string of the molecule is Cc1ccc(Cn2c(CCNC(=O)CC[C@@H](C)O)nc3ccccc32)cc1. The average Bonchev–Trinajstić information content (AvgIpc) is 2.99. The van der Waals surface area contributed by atoms with Crippen molar-refractivity contribution in [1.82, 2.24) is 14.9 Å². The van der Waals surface area contributed by atoms with Gasteiger partial charge in [0.1, 0.15) is 5.82 Å². The summed E-state index contributed by atoms with van der Waals surface area (Å²) < 4.78 is 2.22. The molecule has 1 atom stereocenters. The lowest BCUT2D eigenvalue weighted by Crippen LogP contribution is -2.27. The van der Waals surface area contributed by atoms with Gasteiger partial charge in [-0.2, -0.15) is 0 Å². The number of rotatable bonds is 8. The van der Waals surface area contributed by atoms with Crippen molar-refractivity contribution in [3.63, 3.8) is 0 Å². The summed E-state index contributed by atoms with van der Waals surface area (Å²) in [5, 5.41) is 12.2. The summed E-state index contributed by atoms with van der Waals surface area (Å²) in [6, 6.07) is 16.7. The summed E-state index contributed by atoms with van der Waals surface area (Å²) in [7, 11) is 0. The number of hydrogen-bond acceptors (Lipinski definition) is 3. The molecule has 27 heavy (non-hydrogen) atoms. The quantitative estimate of drug-likeness (QED) is 0.644. The second-order valence-corrected chi connectivity index (χ2v) is 7.08. The van der Waals surface area contributed by atoms with Gasteiger partial charge in [0, 0.05) is 25.9 Å². The van der Waals surface area contributed by atoms with Crippen molar-refractivity contribution in [3.8, 4) is 0 Å². The Morgan fingerprint density at radius 2 is 1.93 bits per heavy atom. The number of aromatic nitrogens is 2. The predicted molar refractivity (Wildman–Crippen MR) is 108 cm³/mol. The zero-order chi connectivity index (χ0) is 19.2. The molecule has 5 nitrogen and oxygen atoms in total. The van der Waals surface area contributed by atoms with Crippen molar-refractivity contribution in [2.45, 2.75) is 45.8 Å². The molecule has 0 aliphatic carbocycles. The Labute approximate surface area is 160 Å². The van der Waals surface area contributed by atoms with Gasteiger partial charge >= 0.3 is 0 Å². The van der Waals surface area contributed by atoms with Gasteiger partial charge in [0.15, 0.2) is 0 Å². The Morgan fingerprint density at radius 3 is 2.67 bits per heavy atom. The van der Waals surface area contributed by atoms with E-state index in [-0.39, 0.29) is 5.91 Å². The summed E-state index contributed by atoms with van der Waals surface area (Å²) in [4.78, 5) is 16.6. The Morgan fingerprint density at radius 1 is 1.19 bits per heavy atom. The minimum Gasteiger partial charge on any atom is -0.393 e. The Bertz CT molecular complexity index is 898. The third kappa shape index (κ3) is 5.17. The molecule has 1 amide bonds. The molecule has 3 rings (SSSR count). The highest BCUT2D eigenvalue weighted by molar-refractivity contribution is 5.76. The van der Waals surface area contributed by atoms with Crippen molar-refractivity contribution in [2.75, 3.05) is 6.54 Å². The molecular formula is C22H27N3O2. The van der Waals surface area contributed by atoms with Gasteiger partial charge in [-0.05, 0) is 38.0 Å². The molecule has 2 aromatic carbocycles. The molecule has 0 spiro atoms. The van der Waals surface area contributed by atoms with Crippen LogP contribution in [-0.2, 0) is 17.8 Å². The molecule has 0 aliphatic heterocycles. The average molecular weight is 365 g/mol. The van der Waals surface area contributed by atoms with Crippen LogP contribution in [0.3, 0.4) is 0 Å². The van der Waals surface area contributed by atoms with Crippen LogP contribution in [0.1, 0.15) is 36.7 Å². The second-order valence-electron chi connectivity index (χ2n) is 7.08. The lowest BCUT2D eigenvalue weighted by Gasteiger charge is -2.11. The maximum absolute atomic E-state index is 11.9. The smallest absolute Gasteiger partial charge is 0.220 e. The van der Waals surface area contributed by atoms with Crippen LogP contribution in [-0.4, -0.2) is 33.2 Å². The number of hydrogen-bond donors (Lipinski definition) is 2. The zero-order valence-electron chi connectivity index (χ0n) is 16.0. The number of benzene rings is 2. The summed E-state index contributed by atoms with van der Waals surface area (Å²) in [5.74, 6) is 0.935. The van der Waals surface area contributed by atoms with Crippen LogP contribution in [0, 0.1) is 6.92 Å². The minimum atomic E-state index is -0.450. The first-order chi connectivity index (χ1) is 13.0. The molecule has 0 radical (unpaired) electrons. The summed E-state index contributed by atoms with van der Waals surface area (Å²) >= 11 is 0. The van der Waals surface area contributed by atoms with Crippen LogP contribution in [0.2, 0.25) is 0 Å². The van der Waals surface area contributed by atoms with Crippen LogP contribution in [0.4, 0.5) is 0 Å². The lowest BCUT2D eigenvalue weighted by molar-refractivity contribution is -0.121. The monoisotopic (exact) mass is 365 g/mol. The lowest BCUT2D eigenvalue weighted by atomic mass is 10.1. The number of aliphatic hydroxyl groups excluding tert-OH is 1.